The fourth-order valence-electron chi connectivity index (χ4n) is 4.31. The fourth-order valence-corrected chi connectivity index (χ4v) is 4.31. The van der Waals surface area contributed by atoms with E-state index in [1.165, 1.54) is 0 Å². The van der Waals surface area contributed by atoms with Gasteiger partial charge in [-0.25, -0.2) is 0 Å². The minimum atomic E-state index is -0.312. The SMILES string of the molecule is COc1ccc(C2CN(C(=O)CC(C)C)CC2C(=O)NCc2ccc3c(c2)OCO3)cc1. The Balaban J connectivity index is 1.48. The van der Waals surface area contributed by atoms with Gasteiger partial charge in [0.2, 0.25) is 18.6 Å². The molecule has 4 rings (SSSR count). The third-order valence-electron chi connectivity index (χ3n) is 6.04. The first-order valence-corrected chi connectivity index (χ1v) is 11.0. The largest absolute Gasteiger partial charge is 0.497 e. The van der Waals surface area contributed by atoms with Gasteiger partial charge in [-0.05, 0) is 41.3 Å². The second-order valence-corrected chi connectivity index (χ2v) is 8.79. The van der Waals surface area contributed by atoms with Crippen molar-refractivity contribution in [1.29, 1.82) is 0 Å². The summed E-state index contributed by atoms with van der Waals surface area (Å²) in [4.78, 5) is 27.8. The zero-order valence-corrected chi connectivity index (χ0v) is 18.8. The van der Waals surface area contributed by atoms with Gasteiger partial charge in [0.15, 0.2) is 11.5 Å². The Kier molecular flexibility index (Phi) is 6.53. The number of carbonyl (C=O) groups is 2. The molecule has 2 atom stereocenters. The highest BCUT2D eigenvalue weighted by Gasteiger charge is 2.40. The van der Waals surface area contributed by atoms with E-state index in [1.807, 2.05) is 61.2 Å². The van der Waals surface area contributed by atoms with Crippen LogP contribution in [-0.4, -0.2) is 43.7 Å². The Morgan fingerprint density at radius 2 is 1.84 bits per heavy atom. The van der Waals surface area contributed by atoms with Crippen LogP contribution in [0.2, 0.25) is 0 Å². The van der Waals surface area contributed by atoms with Crippen LogP contribution in [0.15, 0.2) is 42.5 Å². The van der Waals surface area contributed by atoms with Crippen molar-refractivity contribution in [3.05, 3.63) is 53.6 Å². The van der Waals surface area contributed by atoms with Gasteiger partial charge in [-0.2, -0.15) is 0 Å². The average Bonchev–Trinajstić information content (AvgIpc) is 3.44. The fraction of sp³-hybridized carbons (Fsp3) is 0.440. The van der Waals surface area contributed by atoms with Gasteiger partial charge >= 0.3 is 0 Å². The Hall–Kier alpha value is -3.22. The van der Waals surface area contributed by atoms with Crippen LogP contribution in [0.1, 0.15) is 37.3 Å². The maximum Gasteiger partial charge on any atom is 0.231 e. The van der Waals surface area contributed by atoms with Gasteiger partial charge in [-0.15, -0.1) is 0 Å². The molecule has 1 N–H and O–H groups in total. The second-order valence-electron chi connectivity index (χ2n) is 8.79. The summed E-state index contributed by atoms with van der Waals surface area (Å²) in [6.45, 7) is 5.64. The predicted octanol–water partition coefficient (Wildman–Crippen LogP) is 3.33. The van der Waals surface area contributed by atoms with Gasteiger partial charge < -0.3 is 24.4 Å². The molecule has 2 aliphatic heterocycles. The maximum atomic E-state index is 13.2. The topological polar surface area (TPSA) is 77.1 Å². The summed E-state index contributed by atoms with van der Waals surface area (Å²) in [6.07, 6.45) is 0.487. The van der Waals surface area contributed by atoms with Crippen molar-refractivity contribution in [2.24, 2.45) is 11.8 Å². The average molecular weight is 439 g/mol. The van der Waals surface area contributed by atoms with Crippen molar-refractivity contribution in [3.63, 3.8) is 0 Å². The third kappa shape index (κ3) is 4.82. The molecule has 2 aromatic rings. The van der Waals surface area contributed by atoms with Crippen LogP contribution in [0.3, 0.4) is 0 Å². The molecule has 2 aromatic carbocycles. The number of methoxy groups -OCH3 is 1. The Labute approximate surface area is 188 Å². The van der Waals surface area contributed by atoms with Crippen LogP contribution in [-0.2, 0) is 16.1 Å². The van der Waals surface area contributed by atoms with E-state index < -0.39 is 0 Å². The number of rotatable bonds is 7. The molecule has 7 nitrogen and oxygen atoms in total. The number of benzene rings is 2. The maximum absolute atomic E-state index is 13.2. The van der Waals surface area contributed by atoms with Crippen LogP contribution in [0.4, 0.5) is 0 Å². The molecule has 0 saturated carbocycles. The van der Waals surface area contributed by atoms with Gasteiger partial charge in [-0.1, -0.05) is 32.0 Å². The number of nitrogens with zero attached hydrogens (tertiary/aromatic N) is 1. The van der Waals surface area contributed by atoms with Crippen molar-refractivity contribution in [2.45, 2.75) is 32.7 Å². The molecule has 2 aliphatic rings. The predicted molar refractivity (Wildman–Crippen MR) is 120 cm³/mol. The van der Waals surface area contributed by atoms with Gasteiger partial charge in [0.25, 0.3) is 0 Å². The van der Waals surface area contributed by atoms with Crippen molar-refractivity contribution >= 4 is 11.8 Å². The Morgan fingerprint density at radius 1 is 1.09 bits per heavy atom. The molecule has 7 heteroatoms. The van der Waals surface area contributed by atoms with Gasteiger partial charge in [-0.3, -0.25) is 9.59 Å². The number of fused-ring (bicyclic) bond motifs is 1. The number of hydrogen-bond acceptors (Lipinski definition) is 5. The van der Waals surface area contributed by atoms with Crippen LogP contribution < -0.4 is 19.5 Å². The quantitative estimate of drug-likeness (QED) is 0.718. The molecule has 0 radical (unpaired) electrons. The van der Waals surface area contributed by atoms with Crippen molar-refractivity contribution < 1.29 is 23.8 Å². The molecule has 1 fully saturated rings. The number of likely N-dealkylation sites (tertiary alicyclic amines) is 1. The minimum Gasteiger partial charge on any atom is -0.497 e. The molecule has 0 bridgehead atoms. The monoisotopic (exact) mass is 438 g/mol. The number of carbonyl (C=O) groups excluding carboxylic acids is 2. The third-order valence-corrected chi connectivity index (χ3v) is 6.04. The molecular formula is C25H30N2O5. The van der Waals surface area contributed by atoms with Gasteiger partial charge in [0.05, 0.1) is 13.0 Å². The summed E-state index contributed by atoms with van der Waals surface area (Å²) in [7, 11) is 1.63. The lowest BCUT2D eigenvalue weighted by atomic mass is 9.88. The molecule has 0 aromatic heterocycles. The summed E-state index contributed by atoms with van der Waals surface area (Å²) >= 11 is 0. The molecule has 2 heterocycles. The zero-order chi connectivity index (χ0) is 22.7. The minimum absolute atomic E-state index is 0.0525. The van der Waals surface area contributed by atoms with E-state index in [-0.39, 0.29) is 36.4 Å². The lowest BCUT2D eigenvalue weighted by Crippen LogP contribution is -2.35. The smallest absolute Gasteiger partial charge is 0.231 e. The number of amides is 2. The van der Waals surface area contributed by atoms with E-state index in [4.69, 9.17) is 14.2 Å². The Bertz CT molecular complexity index is 973. The van der Waals surface area contributed by atoms with Crippen LogP contribution in [0.25, 0.3) is 0 Å². The highest BCUT2D eigenvalue weighted by atomic mass is 16.7. The van der Waals surface area contributed by atoms with Crippen molar-refractivity contribution in [2.75, 3.05) is 27.0 Å². The van der Waals surface area contributed by atoms with Gasteiger partial charge in [0.1, 0.15) is 5.75 Å². The molecule has 2 unspecified atom stereocenters. The van der Waals surface area contributed by atoms with E-state index >= 15 is 0 Å². The van der Waals surface area contributed by atoms with E-state index in [9.17, 15) is 9.59 Å². The highest BCUT2D eigenvalue weighted by molar-refractivity contribution is 5.83. The number of hydrogen-bond donors (Lipinski definition) is 1. The molecule has 0 aliphatic carbocycles. The molecule has 1 saturated heterocycles. The van der Waals surface area contributed by atoms with Crippen LogP contribution >= 0.6 is 0 Å². The molecule has 2 amide bonds. The number of nitrogens with one attached hydrogen (secondary N) is 1. The zero-order valence-electron chi connectivity index (χ0n) is 18.8. The Morgan fingerprint density at radius 3 is 2.56 bits per heavy atom. The first-order chi connectivity index (χ1) is 15.4. The normalized spacial score (nSPS) is 19.3. The molecular weight excluding hydrogens is 408 g/mol. The lowest BCUT2D eigenvalue weighted by molar-refractivity contribution is -0.131. The van der Waals surface area contributed by atoms with Crippen molar-refractivity contribution in [3.8, 4) is 17.2 Å². The van der Waals surface area contributed by atoms with E-state index in [0.717, 1.165) is 22.6 Å². The van der Waals surface area contributed by atoms with Gasteiger partial charge in [0, 0.05) is 32.0 Å². The molecule has 32 heavy (non-hydrogen) atoms. The summed E-state index contributed by atoms with van der Waals surface area (Å²) in [6, 6.07) is 13.4. The van der Waals surface area contributed by atoms with Crippen LogP contribution in [0.5, 0.6) is 17.2 Å². The first-order valence-electron chi connectivity index (χ1n) is 11.0. The van der Waals surface area contributed by atoms with E-state index in [1.54, 1.807) is 7.11 Å². The highest BCUT2D eigenvalue weighted by Crippen LogP contribution is 2.35. The summed E-state index contributed by atoms with van der Waals surface area (Å²) in [5.74, 6) is 2.13. The summed E-state index contributed by atoms with van der Waals surface area (Å²) in [5.41, 5.74) is 1.98. The standard InChI is InChI=1S/C25H30N2O5/c1-16(2)10-24(28)27-13-20(18-5-7-19(30-3)8-6-18)21(14-27)25(29)26-12-17-4-9-22-23(11-17)32-15-31-22/h4-9,11,16,20-21H,10,12-15H2,1-3H3,(H,26,29). The summed E-state index contributed by atoms with van der Waals surface area (Å²) in [5, 5.41) is 3.06. The molecule has 170 valence electrons. The van der Waals surface area contributed by atoms with E-state index in [0.29, 0.717) is 31.8 Å². The van der Waals surface area contributed by atoms with Crippen molar-refractivity contribution in [1.82, 2.24) is 10.2 Å². The lowest BCUT2D eigenvalue weighted by Gasteiger charge is -2.18. The number of ether oxygens (including phenoxy) is 3. The molecule has 0 spiro atoms. The summed E-state index contributed by atoms with van der Waals surface area (Å²) < 4.78 is 16.0. The second kappa shape index (κ2) is 9.51. The van der Waals surface area contributed by atoms with E-state index in [2.05, 4.69) is 5.32 Å². The van der Waals surface area contributed by atoms with Crippen LogP contribution in [0, 0.1) is 11.8 Å². The first kappa shape index (κ1) is 22.0.